The zero-order valence-electron chi connectivity index (χ0n) is 11.3. The van der Waals surface area contributed by atoms with Crippen LogP contribution in [-0.4, -0.2) is 20.6 Å². The van der Waals surface area contributed by atoms with Crippen LogP contribution in [0.4, 0.5) is 0 Å². The Bertz CT molecular complexity index is 703. The van der Waals surface area contributed by atoms with Crippen LogP contribution in [0.1, 0.15) is 11.1 Å². The third-order valence-corrected chi connectivity index (χ3v) is 4.68. The molecule has 0 aliphatic carbocycles. The van der Waals surface area contributed by atoms with E-state index in [0.717, 1.165) is 5.56 Å². The van der Waals surface area contributed by atoms with Crippen LogP contribution in [-0.2, 0) is 15.6 Å². The van der Waals surface area contributed by atoms with Gasteiger partial charge in [-0.25, -0.2) is 8.42 Å². The van der Waals surface area contributed by atoms with Crippen LogP contribution in [0.3, 0.4) is 0 Å². The van der Waals surface area contributed by atoms with E-state index in [1.165, 1.54) is 19.2 Å². The van der Waals surface area contributed by atoms with Crippen molar-refractivity contribution in [3.05, 3.63) is 53.6 Å². The van der Waals surface area contributed by atoms with Gasteiger partial charge in [-0.2, -0.15) is 0 Å². The first-order valence-corrected chi connectivity index (χ1v) is 7.73. The molecule has 0 radical (unpaired) electrons. The molecule has 1 N–H and O–H groups in total. The molecule has 0 heterocycles. The maximum absolute atomic E-state index is 12.3. The maximum Gasteiger partial charge on any atom is 0.182 e. The summed E-state index contributed by atoms with van der Waals surface area (Å²) in [6, 6.07) is 11.3. The zero-order valence-corrected chi connectivity index (χ0v) is 12.1. The summed E-state index contributed by atoms with van der Waals surface area (Å²) >= 11 is 0. The van der Waals surface area contributed by atoms with E-state index in [2.05, 4.69) is 0 Å². The Labute approximate surface area is 118 Å². The van der Waals surface area contributed by atoms with Crippen LogP contribution >= 0.6 is 0 Å². The van der Waals surface area contributed by atoms with Crippen LogP contribution < -0.4 is 4.74 Å². The average molecular weight is 292 g/mol. The van der Waals surface area contributed by atoms with Crippen molar-refractivity contribution in [2.75, 3.05) is 7.11 Å². The monoisotopic (exact) mass is 292 g/mol. The second kappa shape index (κ2) is 5.54. The van der Waals surface area contributed by atoms with Crippen molar-refractivity contribution in [1.82, 2.24) is 0 Å². The SMILES string of the molecule is COc1cc(CS(=O)(=O)c2ccc(C)cc2)ccc1O. The van der Waals surface area contributed by atoms with Crippen LogP contribution in [0.15, 0.2) is 47.4 Å². The molecule has 0 aromatic heterocycles. The molecule has 0 atom stereocenters. The van der Waals surface area contributed by atoms with Gasteiger partial charge < -0.3 is 9.84 Å². The summed E-state index contributed by atoms with van der Waals surface area (Å²) < 4.78 is 29.6. The highest BCUT2D eigenvalue weighted by Crippen LogP contribution is 2.28. The number of aryl methyl sites for hydroxylation is 1. The predicted molar refractivity (Wildman–Crippen MR) is 76.7 cm³/mol. The Morgan fingerprint density at radius 3 is 2.35 bits per heavy atom. The molecule has 0 unspecified atom stereocenters. The smallest absolute Gasteiger partial charge is 0.182 e. The van der Waals surface area contributed by atoms with Gasteiger partial charge in [0.1, 0.15) is 0 Å². The van der Waals surface area contributed by atoms with Gasteiger partial charge >= 0.3 is 0 Å². The highest BCUT2D eigenvalue weighted by Gasteiger charge is 2.16. The number of phenols is 1. The van der Waals surface area contributed by atoms with Gasteiger partial charge in [-0.15, -0.1) is 0 Å². The van der Waals surface area contributed by atoms with Crippen LogP contribution in [0.25, 0.3) is 0 Å². The summed E-state index contributed by atoms with van der Waals surface area (Å²) in [4.78, 5) is 0.287. The number of phenolic OH excluding ortho intramolecular Hbond substituents is 1. The fourth-order valence-corrected chi connectivity index (χ4v) is 3.20. The minimum absolute atomic E-state index is 0.0102. The van der Waals surface area contributed by atoms with Crippen LogP contribution in [0.5, 0.6) is 11.5 Å². The van der Waals surface area contributed by atoms with E-state index < -0.39 is 9.84 Å². The lowest BCUT2D eigenvalue weighted by atomic mass is 10.2. The van der Waals surface area contributed by atoms with Gasteiger partial charge in [-0.3, -0.25) is 0 Å². The molecular weight excluding hydrogens is 276 g/mol. The highest BCUT2D eigenvalue weighted by atomic mass is 32.2. The Hall–Kier alpha value is -2.01. The van der Waals surface area contributed by atoms with Crippen LogP contribution in [0, 0.1) is 6.92 Å². The van der Waals surface area contributed by atoms with Crippen molar-refractivity contribution in [2.24, 2.45) is 0 Å². The molecule has 0 saturated carbocycles. The topological polar surface area (TPSA) is 63.6 Å². The summed E-state index contributed by atoms with van der Waals surface area (Å²) in [6.45, 7) is 1.90. The first-order chi connectivity index (χ1) is 9.42. The predicted octanol–water partition coefficient (Wildman–Crippen LogP) is 2.68. The van der Waals surface area contributed by atoms with E-state index in [1.807, 2.05) is 6.92 Å². The molecule has 2 aromatic carbocycles. The first kappa shape index (κ1) is 14.4. The first-order valence-electron chi connectivity index (χ1n) is 6.08. The molecule has 0 bridgehead atoms. The van der Waals surface area contributed by atoms with E-state index in [-0.39, 0.29) is 22.1 Å². The number of benzene rings is 2. The molecule has 4 nitrogen and oxygen atoms in total. The van der Waals surface area contributed by atoms with Crippen molar-refractivity contribution in [3.8, 4) is 11.5 Å². The molecule has 106 valence electrons. The number of hydrogen-bond donors (Lipinski definition) is 1. The summed E-state index contributed by atoms with van der Waals surface area (Å²) in [6.07, 6.45) is 0. The van der Waals surface area contributed by atoms with Crippen molar-refractivity contribution < 1.29 is 18.3 Å². The molecule has 0 saturated heterocycles. The van der Waals surface area contributed by atoms with Gasteiger partial charge in [0.15, 0.2) is 21.3 Å². The van der Waals surface area contributed by atoms with Gasteiger partial charge in [0.2, 0.25) is 0 Å². The molecule has 20 heavy (non-hydrogen) atoms. The lowest BCUT2D eigenvalue weighted by molar-refractivity contribution is 0.373. The summed E-state index contributed by atoms with van der Waals surface area (Å²) in [5.74, 6) is 0.123. The Morgan fingerprint density at radius 2 is 1.75 bits per heavy atom. The van der Waals surface area contributed by atoms with Gasteiger partial charge in [-0.1, -0.05) is 23.8 Å². The fourth-order valence-electron chi connectivity index (χ4n) is 1.86. The second-order valence-electron chi connectivity index (χ2n) is 4.58. The maximum atomic E-state index is 12.3. The zero-order chi connectivity index (χ0) is 14.8. The van der Waals surface area contributed by atoms with Crippen molar-refractivity contribution >= 4 is 9.84 Å². The number of methoxy groups -OCH3 is 1. The fraction of sp³-hybridized carbons (Fsp3) is 0.200. The molecule has 2 rings (SSSR count). The molecule has 0 spiro atoms. The van der Waals surface area contributed by atoms with E-state index in [9.17, 15) is 13.5 Å². The van der Waals surface area contributed by atoms with Gasteiger partial charge in [0.25, 0.3) is 0 Å². The lowest BCUT2D eigenvalue weighted by Crippen LogP contribution is -2.05. The number of hydrogen-bond acceptors (Lipinski definition) is 4. The number of sulfone groups is 1. The minimum Gasteiger partial charge on any atom is -0.504 e. The van der Waals surface area contributed by atoms with E-state index >= 15 is 0 Å². The summed E-state index contributed by atoms with van der Waals surface area (Å²) in [5.41, 5.74) is 1.58. The second-order valence-corrected chi connectivity index (χ2v) is 6.57. The van der Waals surface area contributed by atoms with Crippen molar-refractivity contribution in [3.63, 3.8) is 0 Å². The number of ether oxygens (including phenoxy) is 1. The lowest BCUT2D eigenvalue weighted by Gasteiger charge is -2.08. The quantitative estimate of drug-likeness (QED) is 0.941. The Morgan fingerprint density at radius 1 is 1.10 bits per heavy atom. The molecule has 5 heteroatoms. The number of rotatable bonds is 4. The molecule has 0 fully saturated rings. The van der Waals surface area contributed by atoms with Crippen molar-refractivity contribution in [2.45, 2.75) is 17.6 Å². The standard InChI is InChI=1S/C15H16O4S/c1-11-3-6-13(7-4-11)20(17,18)10-12-5-8-14(16)15(9-12)19-2/h3-9,16H,10H2,1-2H3. The van der Waals surface area contributed by atoms with Gasteiger partial charge in [0, 0.05) is 0 Å². The molecule has 0 amide bonds. The minimum atomic E-state index is -3.41. The Kier molecular flexibility index (Phi) is 3.99. The average Bonchev–Trinajstić information content (AvgIpc) is 2.41. The van der Waals surface area contributed by atoms with E-state index in [1.54, 1.807) is 30.3 Å². The Balaban J connectivity index is 2.30. The van der Waals surface area contributed by atoms with Gasteiger partial charge in [0.05, 0.1) is 17.8 Å². The van der Waals surface area contributed by atoms with Gasteiger partial charge in [-0.05, 0) is 36.8 Å². The largest absolute Gasteiger partial charge is 0.504 e. The highest BCUT2D eigenvalue weighted by molar-refractivity contribution is 7.90. The molecule has 0 aliphatic heterocycles. The van der Waals surface area contributed by atoms with E-state index in [0.29, 0.717) is 5.56 Å². The molecular formula is C15H16O4S. The molecule has 2 aromatic rings. The van der Waals surface area contributed by atoms with Crippen molar-refractivity contribution in [1.29, 1.82) is 0 Å². The third kappa shape index (κ3) is 3.11. The molecule has 0 aliphatic rings. The summed E-state index contributed by atoms with van der Waals surface area (Å²) in [7, 11) is -1.98. The van der Waals surface area contributed by atoms with E-state index in [4.69, 9.17) is 4.74 Å². The normalized spacial score (nSPS) is 11.3. The number of aromatic hydroxyl groups is 1. The third-order valence-electron chi connectivity index (χ3n) is 2.98. The summed E-state index contributed by atoms with van der Waals surface area (Å²) in [5, 5.41) is 9.51. The van der Waals surface area contributed by atoms with Crippen LogP contribution in [0.2, 0.25) is 0 Å².